The van der Waals surface area contributed by atoms with Gasteiger partial charge in [0.25, 0.3) is 0 Å². The van der Waals surface area contributed by atoms with Crippen LogP contribution in [0.5, 0.6) is 5.75 Å². The van der Waals surface area contributed by atoms with E-state index in [0.29, 0.717) is 12.2 Å². The van der Waals surface area contributed by atoms with Gasteiger partial charge in [0.2, 0.25) is 0 Å². The lowest BCUT2D eigenvalue weighted by atomic mass is 10.0. The highest BCUT2D eigenvalue weighted by Gasteiger charge is 2.10. The molecule has 1 atom stereocenters. The monoisotopic (exact) mass is 270 g/mol. The van der Waals surface area contributed by atoms with Gasteiger partial charge in [0.15, 0.2) is 11.6 Å². The summed E-state index contributed by atoms with van der Waals surface area (Å²) in [6, 6.07) is 16.4. The van der Waals surface area contributed by atoms with Crippen molar-refractivity contribution in [3.63, 3.8) is 0 Å². The number of anilines is 1. The Morgan fingerprint density at radius 3 is 2.60 bits per heavy atom. The Bertz CT molecular complexity index is 608. The third-order valence-corrected chi connectivity index (χ3v) is 3.02. The quantitative estimate of drug-likeness (QED) is 0.903. The fraction of sp³-hybridized carbons (Fsp3) is 0.188. The SMILES string of the molecule is COc1ccc(NCC(C#N)c2ccccc2)cc1F. The molecule has 3 nitrogen and oxygen atoms in total. The minimum atomic E-state index is -0.425. The van der Waals surface area contributed by atoms with Gasteiger partial charge in [-0.15, -0.1) is 0 Å². The van der Waals surface area contributed by atoms with E-state index in [9.17, 15) is 9.65 Å². The van der Waals surface area contributed by atoms with E-state index < -0.39 is 5.82 Å². The molecule has 0 spiro atoms. The maximum atomic E-state index is 13.5. The van der Waals surface area contributed by atoms with Crippen molar-refractivity contribution in [3.05, 3.63) is 59.9 Å². The molecule has 0 amide bonds. The van der Waals surface area contributed by atoms with Crippen LogP contribution in [-0.4, -0.2) is 13.7 Å². The third-order valence-electron chi connectivity index (χ3n) is 3.02. The van der Waals surface area contributed by atoms with Crippen LogP contribution in [0.1, 0.15) is 11.5 Å². The van der Waals surface area contributed by atoms with Crippen LogP contribution < -0.4 is 10.1 Å². The first kappa shape index (κ1) is 13.9. The zero-order chi connectivity index (χ0) is 14.4. The first-order valence-electron chi connectivity index (χ1n) is 6.26. The number of nitriles is 1. The highest BCUT2D eigenvalue weighted by molar-refractivity contribution is 5.48. The van der Waals surface area contributed by atoms with Gasteiger partial charge >= 0.3 is 0 Å². The van der Waals surface area contributed by atoms with Crippen molar-refractivity contribution >= 4 is 5.69 Å². The predicted molar refractivity (Wildman–Crippen MR) is 76.2 cm³/mol. The third kappa shape index (κ3) is 3.27. The number of hydrogen-bond donors (Lipinski definition) is 1. The molecule has 2 rings (SSSR count). The number of nitrogens with zero attached hydrogens (tertiary/aromatic N) is 1. The molecule has 0 aliphatic heterocycles. The molecule has 102 valence electrons. The van der Waals surface area contributed by atoms with E-state index in [0.717, 1.165) is 5.56 Å². The van der Waals surface area contributed by atoms with Crippen LogP contribution in [0.4, 0.5) is 10.1 Å². The van der Waals surface area contributed by atoms with E-state index in [1.807, 2.05) is 30.3 Å². The summed E-state index contributed by atoms with van der Waals surface area (Å²) in [6.07, 6.45) is 0. The highest BCUT2D eigenvalue weighted by atomic mass is 19.1. The van der Waals surface area contributed by atoms with Crippen LogP contribution in [-0.2, 0) is 0 Å². The topological polar surface area (TPSA) is 45.0 Å². The second kappa shape index (κ2) is 6.58. The summed E-state index contributed by atoms with van der Waals surface area (Å²) in [5.41, 5.74) is 1.57. The lowest BCUT2D eigenvalue weighted by Crippen LogP contribution is -2.11. The molecule has 2 aromatic rings. The molecular formula is C16H15FN2O. The van der Waals surface area contributed by atoms with Crippen LogP contribution in [0.15, 0.2) is 48.5 Å². The van der Waals surface area contributed by atoms with Crippen molar-refractivity contribution in [2.75, 3.05) is 19.0 Å². The molecule has 0 aliphatic rings. The fourth-order valence-electron chi connectivity index (χ4n) is 1.92. The Labute approximate surface area is 117 Å². The molecule has 4 heteroatoms. The maximum Gasteiger partial charge on any atom is 0.167 e. The van der Waals surface area contributed by atoms with Crippen LogP contribution in [0.2, 0.25) is 0 Å². The standard InChI is InChI=1S/C16H15FN2O/c1-20-16-8-7-14(9-15(16)17)19-11-13(10-18)12-5-3-2-4-6-12/h2-9,13,19H,11H2,1H3. The van der Waals surface area contributed by atoms with Gasteiger partial charge in [-0.05, 0) is 17.7 Å². The second-order valence-corrected chi connectivity index (χ2v) is 4.32. The summed E-state index contributed by atoms with van der Waals surface area (Å²) in [6.45, 7) is 0.423. The van der Waals surface area contributed by atoms with Gasteiger partial charge in [-0.1, -0.05) is 30.3 Å². The average molecular weight is 270 g/mol. The van der Waals surface area contributed by atoms with Gasteiger partial charge in [-0.25, -0.2) is 4.39 Å². The molecule has 2 aromatic carbocycles. The number of hydrogen-bond acceptors (Lipinski definition) is 3. The van der Waals surface area contributed by atoms with Crippen LogP contribution in [0, 0.1) is 17.1 Å². The highest BCUT2D eigenvalue weighted by Crippen LogP contribution is 2.22. The zero-order valence-corrected chi connectivity index (χ0v) is 11.1. The van der Waals surface area contributed by atoms with Gasteiger partial charge in [0.1, 0.15) is 0 Å². The predicted octanol–water partition coefficient (Wildman–Crippen LogP) is 3.55. The Kier molecular flexibility index (Phi) is 4.56. The largest absolute Gasteiger partial charge is 0.494 e. The molecule has 0 aliphatic carbocycles. The summed E-state index contributed by atoms with van der Waals surface area (Å²) in [5, 5.41) is 12.3. The Balaban J connectivity index is 2.04. The van der Waals surface area contributed by atoms with Crippen LogP contribution in [0.3, 0.4) is 0 Å². The minimum absolute atomic E-state index is 0.204. The number of nitrogens with one attached hydrogen (secondary N) is 1. The van der Waals surface area contributed by atoms with Crippen molar-refractivity contribution in [1.29, 1.82) is 5.26 Å². The number of halogens is 1. The molecular weight excluding hydrogens is 255 g/mol. The molecule has 0 fully saturated rings. The second-order valence-electron chi connectivity index (χ2n) is 4.32. The summed E-state index contributed by atoms with van der Waals surface area (Å²) in [4.78, 5) is 0. The number of ether oxygens (including phenoxy) is 1. The molecule has 0 bridgehead atoms. The van der Waals surface area contributed by atoms with Crippen molar-refractivity contribution in [2.24, 2.45) is 0 Å². The molecule has 1 N–H and O–H groups in total. The molecule has 20 heavy (non-hydrogen) atoms. The van der Waals surface area contributed by atoms with Gasteiger partial charge in [0, 0.05) is 18.3 Å². The maximum absolute atomic E-state index is 13.5. The normalized spacial score (nSPS) is 11.4. The molecule has 0 heterocycles. The number of rotatable bonds is 5. The van der Waals surface area contributed by atoms with Crippen LogP contribution >= 0.6 is 0 Å². The van der Waals surface area contributed by atoms with E-state index >= 15 is 0 Å². The van der Waals surface area contributed by atoms with E-state index in [-0.39, 0.29) is 11.7 Å². The smallest absolute Gasteiger partial charge is 0.167 e. The molecule has 0 saturated carbocycles. The number of methoxy groups -OCH3 is 1. The van der Waals surface area contributed by atoms with Gasteiger partial charge in [-0.3, -0.25) is 0 Å². The Morgan fingerprint density at radius 2 is 2.00 bits per heavy atom. The van der Waals surface area contributed by atoms with Crippen molar-refractivity contribution in [2.45, 2.75) is 5.92 Å². The first-order valence-corrected chi connectivity index (χ1v) is 6.26. The van der Waals surface area contributed by atoms with E-state index in [1.54, 1.807) is 12.1 Å². The lowest BCUT2D eigenvalue weighted by molar-refractivity contribution is 0.386. The lowest BCUT2D eigenvalue weighted by Gasteiger charge is -2.12. The zero-order valence-electron chi connectivity index (χ0n) is 11.1. The first-order chi connectivity index (χ1) is 9.74. The van der Waals surface area contributed by atoms with Crippen molar-refractivity contribution < 1.29 is 9.13 Å². The fourth-order valence-corrected chi connectivity index (χ4v) is 1.92. The number of benzene rings is 2. The minimum Gasteiger partial charge on any atom is -0.494 e. The van der Waals surface area contributed by atoms with Gasteiger partial charge < -0.3 is 10.1 Å². The summed E-state index contributed by atoms with van der Waals surface area (Å²) in [7, 11) is 1.42. The average Bonchev–Trinajstić information content (AvgIpc) is 2.49. The summed E-state index contributed by atoms with van der Waals surface area (Å²) < 4.78 is 18.4. The molecule has 0 aromatic heterocycles. The van der Waals surface area contributed by atoms with E-state index in [2.05, 4.69) is 11.4 Å². The Morgan fingerprint density at radius 1 is 1.25 bits per heavy atom. The van der Waals surface area contributed by atoms with Gasteiger partial charge in [-0.2, -0.15) is 5.26 Å². The Hall–Kier alpha value is -2.54. The van der Waals surface area contributed by atoms with E-state index in [4.69, 9.17) is 4.74 Å². The van der Waals surface area contributed by atoms with E-state index in [1.165, 1.54) is 13.2 Å². The summed E-state index contributed by atoms with van der Waals surface area (Å²) >= 11 is 0. The molecule has 0 saturated heterocycles. The molecule has 1 unspecified atom stereocenters. The van der Waals surface area contributed by atoms with Gasteiger partial charge in [0.05, 0.1) is 19.1 Å². The van der Waals surface area contributed by atoms with Crippen molar-refractivity contribution in [1.82, 2.24) is 0 Å². The summed E-state index contributed by atoms with van der Waals surface area (Å²) in [5.74, 6) is -0.498. The molecule has 0 radical (unpaired) electrons. The van der Waals surface area contributed by atoms with Crippen molar-refractivity contribution in [3.8, 4) is 11.8 Å². The van der Waals surface area contributed by atoms with Crippen LogP contribution in [0.25, 0.3) is 0 Å².